The van der Waals surface area contributed by atoms with Gasteiger partial charge in [0.15, 0.2) is 0 Å². The maximum atomic E-state index is 11.4. The maximum absolute atomic E-state index is 11.4. The molecule has 0 aromatic rings. The van der Waals surface area contributed by atoms with Crippen molar-refractivity contribution in [3.8, 4) is 0 Å². The van der Waals surface area contributed by atoms with E-state index in [1.807, 2.05) is 6.92 Å². The molecule has 0 aromatic carbocycles. The highest BCUT2D eigenvalue weighted by Gasteiger charge is 2.26. The number of hydrogen-bond acceptors (Lipinski definition) is 6. The minimum Gasteiger partial charge on any atom is -0.268 e. The molecule has 0 atom stereocenters. The Bertz CT molecular complexity index is 330. The predicted octanol–water partition coefficient (Wildman–Crippen LogP) is -1.36. The summed E-state index contributed by atoms with van der Waals surface area (Å²) in [5, 5.41) is 2.58. The van der Waals surface area contributed by atoms with Crippen molar-refractivity contribution < 1.29 is 17.4 Å². The highest BCUT2D eigenvalue weighted by atomic mass is 32.2. The molecule has 0 unspecified atom stereocenters. The molecule has 0 aromatic heterocycles. The molecule has 0 spiro atoms. The van der Waals surface area contributed by atoms with Gasteiger partial charge < -0.3 is 0 Å². The molecular formula is C6H14N4O4S. The van der Waals surface area contributed by atoms with Crippen LogP contribution in [0.2, 0.25) is 0 Å². The zero-order chi connectivity index (χ0) is 11.5. The summed E-state index contributed by atoms with van der Waals surface area (Å²) in [6, 6.07) is -0.269. The summed E-state index contributed by atoms with van der Waals surface area (Å²) in [5.41, 5.74) is 5.19. The summed E-state index contributed by atoms with van der Waals surface area (Å²) in [6.07, 6.45) is 0.961. The largest absolute Gasteiger partial charge is 0.351 e. The molecule has 0 bridgehead atoms. The fraction of sp³-hybridized carbons (Fsp3) is 0.833. The molecule has 0 aliphatic carbocycles. The van der Waals surface area contributed by atoms with Gasteiger partial charge in [-0.2, -0.15) is 8.42 Å². The normalized spacial score (nSPS) is 17.6. The number of nitrogens with zero attached hydrogens (tertiary/aromatic N) is 2. The molecule has 1 rings (SSSR count). The lowest BCUT2D eigenvalue weighted by atomic mass is 10.6. The molecule has 8 nitrogen and oxygen atoms in total. The SMILES string of the molecule is CCN1NNN(CCOS(C)(=O)=O)C1=O. The molecule has 15 heavy (non-hydrogen) atoms. The zero-order valence-corrected chi connectivity index (χ0v) is 9.37. The molecule has 1 fully saturated rings. The minimum atomic E-state index is -3.45. The van der Waals surface area contributed by atoms with E-state index in [0.717, 1.165) is 6.26 Å². The zero-order valence-electron chi connectivity index (χ0n) is 8.56. The van der Waals surface area contributed by atoms with Crippen LogP contribution in [0, 0.1) is 0 Å². The van der Waals surface area contributed by atoms with Gasteiger partial charge in [0.2, 0.25) is 0 Å². The van der Waals surface area contributed by atoms with E-state index >= 15 is 0 Å². The van der Waals surface area contributed by atoms with Crippen LogP contribution in [0.4, 0.5) is 4.79 Å². The molecule has 1 aliphatic heterocycles. The Labute approximate surface area is 88.2 Å². The van der Waals surface area contributed by atoms with Crippen molar-refractivity contribution in [1.29, 1.82) is 0 Å². The van der Waals surface area contributed by atoms with Crippen molar-refractivity contribution >= 4 is 16.1 Å². The third-order valence-corrected chi connectivity index (χ3v) is 2.31. The average molecular weight is 238 g/mol. The maximum Gasteiger partial charge on any atom is 0.351 e. The standard InChI is InChI=1S/C6H14N4O4S/c1-3-9-6(11)10(8-7-9)4-5-14-15(2,12)13/h7-8H,3-5H2,1-2H3. The van der Waals surface area contributed by atoms with E-state index in [1.54, 1.807) is 0 Å². The van der Waals surface area contributed by atoms with Crippen molar-refractivity contribution in [1.82, 2.24) is 21.1 Å². The van der Waals surface area contributed by atoms with Gasteiger partial charge in [-0.25, -0.2) is 14.8 Å². The molecule has 1 saturated heterocycles. The quantitative estimate of drug-likeness (QED) is 0.575. The molecule has 0 saturated carbocycles. The Hall–Kier alpha value is -0.900. The number of hydrogen-bond donors (Lipinski definition) is 2. The number of nitrogens with one attached hydrogen (secondary N) is 2. The number of carbonyl (C=O) groups excluding carboxylic acids is 1. The molecule has 2 N–H and O–H groups in total. The number of carbonyl (C=O) groups is 1. The van der Waals surface area contributed by atoms with Crippen LogP contribution in [0.3, 0.4) is 0 Å². The highest BCUT2D eigenvalue weighted by Crippen LogP contribution is 1.99. The summed E-state index contributed by atoms with van der Waals surface area (Å²) >= 11 is 0. The highest BCUT2D eigenvalue weighted by molar-refractivity contribution is 7.85. The third-order valence-electron chi connectivity index (χ3n) is 1.71. The number of rotatable bonds is 5. The second-order valence-corrected chi connectivity index (χ2v) is 4.57. The fourth-order valence-corrected chi connectivity index (χ4v) is 1.39. The van der Waals surface area contributed by atoms with Gasteiger partial charge >= 0.3 is 6.03 Å². The third kappa shape index (κ3) is 3.63. The van der Waals surface area contributed by atoms with Crippen molar-refractivity contribution in [2.75, 3.05) is 26.0 Å². The molecule has 2 amide bonds. The Kier molecular flexibility index (Phi) is 3.85. The number of urea groups is 1. The van der Waals surface area contributed by atoms with Crippen molar-refractivity contribution in [2.45, 2.75) is 6.92 Å². The van der Waals surface area contributed by atoms with Gasteiger partial charge in [0.1, 0.15) is 0 Å². The predicted molar refractivity (Wildman–Crippen MR) is 51.5 cm³/mol. The summed E-state index contributed by atoms with van der Waals surface area (Å²) in [4.78, 5) is 11.4. The first-order chi connectivity index (χ1) is 6.94. The van der Waals surface area contributed by atoms with Crippen LogP contribution < -0.4 is 11.1 Å². The molecular weight excluding hydrogens is 224 g/mol. The fourth-order valence-electron chi connectivity index (χ4n) is 1.01. The monoisotopic (exact) mass is 238 g/mol. The summed E-state index contributed by atoms with van der Waals surface area (Å²) in [5.74, 6) is 0. The van der Waals surface area contributed by atoms with E-state index in [4.69, 9.17) is 0 Å². The first kappa shape index (κ1) is 12.2. The van der Waals surface area contributed by atoms with Crippen LogP contribution in [0.5, 0.6) is 0 Å². The van der Waals surface area contributed by atoms with E-state index in [0.29, 0.717) is 6.54 Å². The molecule has 1 aliphatic rings. The summed E-state index contributed by atoms with van der Waals surface area (Å²) < 4.78 is 25.8. The van der Waals surface area contributed by atoms with Gasteiger partial charge in [-0.05, 0) is 6.92 Å². The van der Waals surface area contributed by atoms with Crippen LogP contribution in [0.15, 0.2) is 0 Å². The van der Waals surface area contributed by atoms with E-state index in [-0.39, 0.29) is 19.2 Å². The van der Waals surface area contributed by atoms with Gasteiger partial charge in [-0.1, -0.05) is 0 Å². The van der Waals surface area contributed by atoms with Crippen molar-refractivity contribution in [3.63, 3.8) is 0 Å². The number of hydrazine groups is 3. The van der Waals surface area contributed by atoms with Gasteiger partial charge in [0.05, 0.1) is 19.4 Å². The molecule has 88 valence electrons. The molecule has 9 heteroatoms. The van der Waals surface area contributed by atoms with E-state index in [9.17, 15) is 13.2 Å². The second kappa shape index (κ2) is 4.75. The lowest BCUT2D eigenvalue weighted by Gasteiger charge is -2.13. The average Bonchev–Trinajstić information content (AvgIpc) is 2.46. The second-order valence-electron chi connectivity index (χ2n) is 2.93. The van der Waals surface area contributed by atoms with Crippen LogP contribution in [-0.2, 0) is 14.3 Å². The van der Waals surface area contributed by atoms with Crippen LogP contribution in [-0.4, -0.2) is 50.4 Å². The Morgan fingerprint density at radius 2 is 1.93 bits per heavy atom. The lowest BCUT2D eigenvalue weighted by molar-refractivity contribution is 0.173. The van der Waals surface area contributed by atoms with E-state index in [2.05, 4.69) is 15.3 Å². The van der Waals surface area contributed by atoms with Crippen molar-refractivity contribution in [3.05, 3.63) is 0 Å². The smallest absolute Gasteiger partial charge is 0.268 e. The summed E-state index contributed by atoms with van der Waals surface area (Å²) in [7, 11) is -3.45. The molecule has 1 heterocycles. The van der Waals surface area contributed by atoms with Crippen LogP contribution in [0.25, 0.3) is 0 Å². The Balaban J connectivity index is 2.32. The lowest BCUT2D eigenvalue weighted by Crippen LogP contribution is -2.40. The van der Waals surface area contributed by atoms with Gasteiger partial charge in [0.25, 0.3) is 10.1 Å². The first-order valence-corrected chi connectivity index (χ1v) is 6.20. The van der Waals surface area contributed by atoms with Gasteiger partial charge in [-0.15, -0.1) is 11.1 Å². The minimum absolute atomic E-state index is 0.0726. The first-order valence-electron chi connectivity index (χ1n) is 4.39. The van der Waals surface area contributed by atoms with E-state index in [1.165, 1.54) is 10.0 Å². The Morgan fingerprint density at radius 3 is 2.40 bits per heavy atom. The van der Waals surface area contributed by atoms with Crippen molar-refractivity contribution in [2.24, 2.45) is 0 Å². The van der Waals surface area contributed by atoms with E-state index < -0.39 is 10.1 Å². The topological polar surface area (TPSA) is 91.0 Å². The van der Waals surface area contributed by atoms with Crippen LogP contribution in [0.1, 0.15) is 6.92 Å². The van der Waals surface area contributed by atoms with Crippen LogP contribution >= 0.6 is 0 Å². The Morgan fingerprint density at radius 1 is 1.33 bits per heavy atom. The summed E-state index contributed by atoms with van der Waals surface area (Å²) in [6.45, 7) is 2.39. The van der Waals surface area contributed by atoms with Gasteiger partial charge in [0, 0.05) is 6.54 Å². The number of amides is 2. The molecule has 0 radical (unpaired) electrons. The van der Waals surface area contributed by atoms with Gasteiger partial charge in [-0.3, -0.25) is 4.18 Å².